The Labute approximate surface area is 130 Å². The van der Waals surface area contributed by atoms with E-state index in [9.17, 15) is 5.11 Å². The molecule has 1 aliphatic rings. The highest BCUT2D eigenvalue weighted by Crippen LogP contribution is 2.34. The summed E-state index contributed by atoms with van der Waals surface area (Å²) in [6, 6.07) is 0. The van der Waals surface area contributed by atoms with E-state index in [2.05, 4.69) is 34.9 Å². The Morgan fingerprint density at radius 2 is 2.15 bits per heavy atom. The Balaban J connectivity index is 2.05. The number of aryl methyl sites for hydroxylation is 2. The Bertz CT molecular complexity index is 444. The van der Waals surface area contributed by atoms with Crippen LogP contribution in [-0.4, -0.2) is 21.0 Å². The van der Waals surface area contributed by atoms with E-state index in [1.165, 1.54) is 32.1 Å². The molecule has 1 aromatic rings. The zero-order chi connectivity index (χ0) is 14.7. The zero-order valence-electron chi connectivity index (χ0n) is 12.9. The van der Waals surface area contributed by atoms with Gasteiger partial charge < -0.3 is 5.11 Å². The Kier molecular flexibility index (Phi) is 5.67. The first kappa shape index (κ1) is 16.0. The van der Waals surface area contributed by atoms with Crippen LogP contribution < -0.4 is 0 Å². The van der Waals surface area contributed by atoms with Crippen LogP contribution >= 0.6 is 15.9 Å². The van der Waals surface area contributed by atoms with E-state index in [0.717, 1.165) is 34.7 Å². The number of aliphatic hydroxyl groups is 1. The molecule has 3 atom stereocenters. The van der Waals surface area contributed by atoms with Crippen molar-refractivity contribution >= 4 is 15.9 Å². The van der Waals surface area contributed by atoms with Gasteiger partial charge in [-0.3, -0.25) is 4.68 Å². The van der Waals surface area contributed by atoms with Crippen molar-refractivity contribution < 1.29 is 5.11 Å². The molecule has 20 heavy (non-hydrogen) atoms. The summed E-state index contributed by atoms with van der Waals surface area (Å²) < 4.78 is 3.09. The average Bonchev–Trinajstić information content (AvgIpc) is 2.75. The highest BCUT2D eigenvalue weighted by Gasteiger charge is 2.28. The van der Waals surface area contributed by atoms with Gasteiger partial charge in [-0.15, -0.1) is 0 Å². The first-order valence-electron chi connectivity index (χ1n) is 7.96. The topological polar surface area (TPSA) is 38.1 Å². The van der Waals surface area contributed by atoms with E-state index in [1.807, 2.05) is 11.6 Å². The third kappa shape index (κ3) is 3.45. The van der Waals surface area contributed by atoms with Crippen LogP contribution in [-0.2, 0) is 13.0 Å². The molecule has 2 rings (SSSR count). The van der Waals surface area contributed by atoms with Crippen molar-refractivity contribution in [3.8, 4) is 0 Å². The molecule has 3 nitrogen and oxygen atoms in total. The lowest BCUT2D eigenvalue weighted by molar-refractivity contribution is 0.0668. The predicted molar refractivity (Wildman–Crippen MR) is 85.8 cm³/mol. The average molecular weight is 343 g/mol. The van der Waals surface area contributed by atoms with Crippen LogP contribution in [0.25, 0.3) is 0 Å². The molecule has 3 unspecified atom stereocenters. The lowest BCUT2D eigenvalue weighted by Gasteiger charge is -2.31. The Hall–Kier alpha value is -0.350. The summed E-state index contributed by atoms with van der Waals surface area (Å²) >= 11 is 3.63. The van der Waals surface area contributed by atoms with E-state index in [4.69, 9.17) is 0 Å². The summed E-state index contributed by atoms with van der Waals surface area (Å²) in [5.74, 6) is 1.27. The normalized spacial score (nSPS) is 24.9. The van der Waals surface area contributed by atoms with Crippen molar-refractivity contribution in [1.82, 2.24) is 9.78 Å². The second-order valence-corrected chi connectivity index (χ2v) is 6.93. The minimum absolute atomic E-state index is 0.234. The van der Waals surface area contributed by atoms with E-state index in [-0.39, 0.29) is 6.10 Å². The van der Waals surface area contributed by atoms with Gasteiger partial charge in [0.05, 0.1) is 22.0 Å². The quantitative estimate of drug-likeness (QED) is 0.874. The number of nitrogens with zero attached hydrogens (tertiary/aromatic N) is 2. The fourth-order valence-corrected chi connectivity index (χ4v) is 3.93. The monoisotopic (exact) mass is 342 g/mol. The minimum Gasteiger partial charge on any atom is -0.392 e. The van der Waals surface area contributed by atoms with Gasteiger partial charge in [0.25, 0.3) is 0 Å². The lowest BCUT2D eigenvalue weighted by Crippen LogP contribution is -2.29. The van der Waals surface area contributed by atoms with Crippen molar-refractivity contribution in [3.63, 3.8) is 0 Å². The fraction of sp³-hybridized carbons (Fsp3) is 0.812. The van der Waals surface area contributed by atoms with Gasteiger partial charge in [-0.2, -0.15) is 5.10 Å². The predicted octanol–water partition coefficient (Wildman–Crippen LogP) is 4.09. The van der Waals surface area contributed by atoms with Gasteiger partial charge in [-0.1, -0.05) is 26.2 Å². The van der Waals surface area contributed by atoms with Gasteiger partial charge in [0.1, 0.15) is 0 Å². The summed E-state index contributed by atoms with van der Waals surface area (Å²) in [5.41, 5.74) is 2.17. The summed E-state index contributed by atoms with van der Waals surface area (Å²) in [6.45, 7) is 7.24. The maximum Gasteiger partial charge on any atom is 0.0738 e. The Morgan fingerprint density at radius 3 is 2.80 bits per heavy atom. The van der Waals surface area contributed by atoms with Crippen molar-refractivity contribution in [1.29, 1.82) is 0 Å². The molecular weight excluding hydrogens is 316 g/mol. The molecule has 0 spiro atoms. The Morgan fingerprint density at radius 1 is 1.40 bits per heavy atom. The van der Waals surface area contributed by atoms with Crippen molar-refractivity contribution in [2.45, 2.75) is 71.9 Å². The molecule has 0 bridgehead atoms. The second kappa shape index (κ2) is 7.08. The number of aliphatic hydroxyl groups excluding tert-OH is 1. The number of aromatic nitrogens is 2. The standard InChI is InChI=1S/C16H27BrN2O/c1-4-12-7-6-8-13(9-12)15(20)10-14-16(17)11(3)18-19(14)5-2/h12-13,15,20H,4-10H2,1-3H3. The van der Waals surface area contributed by atoms with Gasteiger partial charge in [-0.25, -0.2) is 0 Å². The SMILES string of the molecule is CCC1CCCC(C(O)Cc2c(Br)c(C)nn2CC)C1. The molecule has 1 fully saturated rings. The highest BCUT2D eigenvalue weighted by molar-refractivity contribution is 9.10. The molecule has 1 N–H and O–H groups in total. The van der Waals surface area contributed by atoms with Crippen molar-refractivity contribution in [3.05, 3.63) is 15.9 Å². The summed E-state index contributed by atoms with van der Waals surface area (Å²) in [4.78, 5) is 0. The number of halogens is 1. The summed E-state index contributed by atoms with van der Waals surface area (Å²) in [6.07, 6.45) is 6.71. The van der Waals surface area contributed by atoms with Crippen LogP contribution in [0.4, 0.5) is 0 Å². The lowest BCUT2D eigenvalue weighted by atomic mass is 9.77. The fourth-order valence-electron chi connectivity index (χ4n) is 3.48. The van der Waals surface area contributed by atoms with Crippen LogP contribution in [0.2, 0.25) is 0 Å². The second-order valence-electron chi connectivity index (χ2n) is 6.13. The third-order valence-corrected chi connectivity index (χ3v) is 5.83. The molecule has 0 aliphatic heterocycles. The van der Waals surface area contributed by atoms with Gasteiger partial charge in [0, 0.05) is 13.0 Å². The van der Waals surface area contributed by atoms with E-state index in [1.54, 1.807) is 0 Å². The molecule has 0 amide bonds. The molecular formula is C16H27BrN2O. The van der Waals surface area contributed by atoms with Crippen LogP contribution in [0, 0.1) is 18.8 Å². The largest absolute Gasteiger partial charge is 0.392 e. The molecule has 4 heteroatoms. The molecule has 0 radical (unpaired) electrons. The summed E-state index contributed by atoms with van der Waals surface area (Å²) in [7, 11) is 0. The van der Waals surface area contributed by atoms with Crippen molar-refractivity contribution in [2.24, 2.45) is 11.8 Å². The molecule has 114 valence electrons. The van der Waals surface area contributed by atoms with Crippen LogP contribution in [0.5, 0.6) is 0 Å². The number of hydrogen-bond donors (Lipinski definition) is 1. The number of hydrogen-bond acceptors (Lipinski definition) is 2. The molecule has 1 heterocycles. The summed E-state index contributed by atoms with van der Waals surface area (Å²) in [5, 5.41) is 15.1. The highest BCUT2D eigenvalue weighted by atomic mass is 79.9. The minimum atomic E-state index is -0.234. The third-order valence-electron chi connectivity index (χ3n) is 4.80. The van der Waals surface area contributed by atoms with Gasteiger partial charge in [0.2, 0.25) is 0 Å². The van der Waals surface area contributed by atoms with Crippen LogP contribution in [0.3, 0.4) is 0 Å². The molecule has 0 aromatic carbocycles. The van der Waals surface area contributed by atoms with E-state index < -0.39 is 0 Å². The first-order chi connectivity index (χ1) is 9.56. The van der Waals surface area contributed by atoms with Gasteiger partial charge in [-0.05, 0) is 54.5 Å². The smallest absolute Gasteiger partial charge is 0.0738 e. The number of rotatable bonds is 5. The van der Waals surface area contributed by atoms with E-state index in [0.29, 0.717) is 5.92 Å². The molecule has 0 saturated heterocycles. The van der Waals surface area contributed by atoms with Gasteiger partial charge >= 0.3 is 0 Å². The zero-order valence-corrected chi connectivity index (χ0v) is 14.5. The molecule has 1 saturated carbocycles. The molecule has 1 aliphatic carbocycles. The maximum atomic E-state index is 10.6. The van der Waals surface area contributed by atoms with E-state index >= 15 is 0 Å². The first-order valence-corrected chi connectivity index (χ1v) is 8.75. The van der Waals surface area contributed by atoms with Crippen LogP contribution in [0.1, 0.15) is 57.3 Å². The maximum absolute atomic E-state index is 10.6. The van der Waals surface area contributed by atoms with Crippen molar-refractivity contribution in [2.75, 3.05) is 0 Å². The van der Waals surface area contributed by atoms with Gasteiger partial charge in [0.15, 0.2) is 0 Å². The van der Waals surface area contributed by atoms with Crippen LogP contribution in [0.15, 0.2) is 4.47 Å². The molecule has 1 aromatic heterocycles.